The van der Waals surface area contributed by atoms with Crippen LogP contribution in [0.3, 0.4) is 0 Å². The van der Waals surface area contributed by atoms with E-state index in [1.807, 2.05) is 48.5 Å². The Bertz CT molecular complexity index is 666. The number of nitrogens with one attached hydrogen (secondary N) is 2. The van der Waals surface area contributed by atoms with Gasteiger partial charge in [-0.25, -0.2) is 10.4 Å². The van der Waals surface area contributed by atoms with Gasteiger partial charge < -0.3 is 0 Å². The van der Waals surface area contributed by atoms with Gasteiger partial charge in [-0.3, -0.25) is 19.9 Å². The average Bonchev–Trinajstić information content (AvgIpc) is 2.61. The molecule has 6 nitrogen and oxygen atoms in total. The molecule has 2 heterocycles. The molecule has 2 amide bonds. The van der Waals surface area contributed by atoms with Gasteiger partial charge in [0.2, 0.25) is 11.8 Å². The van der Waals surface area contributed by atoms with Gasteiger partial charge in [0.25, 0.3) is 0 Å². The summed E-state index contributed by atoms with van der Waals surface area (Å²) in [6.45, 7) is 0.433. The highest BCUT2D eigenvalue weighted by atomic mass is 16.2. The van der Waals surface area contributed by atoms with Crippen molar-refractivity contribution in [3.8, 4) is 0 Å². The molecule has 118 valence electrons. The zero-order valence-corrected chi connectivity index (χ0v) is 12.6. The van der Waals surface area contributed by atoms with Gasteiger partial charge in [0.15, 0.2) is 0 Å². The summed E-state index contributed by atoms with van der Waals surface area (Å²) in [6, 6.07) is 14.8. The first-order valence-electron chi connectivity index (χ1n) is 7.55. The summed E-state index contributed by atoms with van der Waals surface area (Å²) in [5.74, 6) is 0.397. The Morgan fingerprint density at radius 1 is 1.17 bits per heavy atom. The molecular formula is C17H18N4O2. The van der Waals surface area contributed by atoms with Crippen LogP contribution < -0.4 is 15.8 Å². The fourth-order valence-corrected chi connectivity index (χ4v) is 2.50. The summed E-state index contributed by atoms with van der Waals surface area (Å²) < 4.78 is 0. The highest BCUT2D eigenvalue weighted by Crippen LogP contribution is 2.17. The van der Waals surface area contributed by atoms with Gasteiger partial charge >= 0.3 is 0 Å². The van der Waals surface area contributed by atoms with Crippen molar-refractivity contribution >= 4 is 17.6 Å². The molecule has 1 unspecified atom stereocenters. The second kappa shape index (κ2) is 7.02. The van der Waals surface area contributed by atoms with E-state index in [9.17, 15) is 9.59 Å². The standard InChI is InChI=1S/C17H18N4O2/c22-16-10-9-14(19-20-16)17(23)21(15-8-4-5-11-18-15)12-13-6-2-1-3-7-13/h1-8,11,14,19H,9-10,12H2,(H,20,22). The van der Waals surface area contributed by atoms with Crippen molar-refractivity contribution in [2.75, 3.05) is 4.90 Å². The zero-order chi connectivity index (χ0) is 16.1. The van der Waals surface area contributed by atoms with E-state index in [4.69, 9.17) is 0 Å². The van der Waals surface area contributed by atoms with Crippen molar-refractivity contribution in [3.05, 3.63) is 60.3 Å². The summed E-state index contributed by atoms with van der Waals surface area (Å²) in [4.78, 5) is 30.1. The average molecular weight is 310 g/mol. The minimum absolute atomic E-state index is 0.0958. The first-order valence-corrected chi connectivity index (χ1v) is 7.55. The third kappa shape index (κ3) is 3.73. The number of hydrazine groups is 1. The molecule has 2 aromatic rings. The van der Waals surface area contributed by atoms with Crippen LogP contribution >= 0.6 is 0 Å². The van der Waals surface area contributed by atoms with Crippen LogP contribution in [0.15, 0.2) is 54.7 Å². The number of carbonyl (C=O) groups is 2. The molecule has 0 radical (unpaired) electrons. The number of carbonyl (C=O) groups excluding carboxylic acids is 2. The van der Waals surface area contributed by atoms with Crippen LogP contribution in [0.4, 0.5) is 5.82 Å². The number of aromatic nitrogens is 1. The fourth-order valence-electron chi connectivity index (χ4n) is 2.50. The highest BCUT2D eigenvalue weighted by molar-refractivity contribution is 5.97. The van der Waals surface area contributed by atoms with Crippen molar-refractivity contribution in [2.45, 2.75) is 25.4 Å². The first-order chi connectivity index (χ1) is 11.2. The minimum Gasteiger partial charge on any atom is -0.291 e. The maximum absolute atomic E-state index is 12.9. The summed E-state index contributed by atoms with van der Waals surface area (Å²) in [6.07, 6.45) is 2.48. The summed E-state index contributed by atoms with van der Waals surface area (Å²) in [5, 5.41) is 0. The lowest BCUT2D eigenvalue weighted by atomic mass is 10.1. The van der Waals surface area contributed by atoms with E-state index in [0.29, 0.717) is 25.2 Å². The molecule has 1 fully saturated rings. The van der Waals surface area contributed by atoms with Crippen molar-refractivity contribution in [2.24, 2.45) is 0 Å². The largest absolute Gasteiger partial charge is 0.291 e. The lowest BCUT2D eigenvalue weighted by Crippen LogP contribution is -2.56. The molecule has 1 atom stereocenters. The van der Waals surface area contributed by atoms with E-state index < -0.39 is 6.04 Å². The Morgan fingerprint density at radius 3 is 2.61 bits per heavy atom. The van der Waals surface area contributed by atoms with Crippen LogP contribution in [0.1, 0.15) is 18.4 Å². The smallest absolute Gasteiger partial charge is 0.247 e. The van der Waals surface area contributed by atoms with E-state index >= 15 is 0 Å². The molecule has 0 spiro atoms. The van der Waals surface area contributed by atoms with E-state index in [0.717, 1.165) is 5.56 Å². The second-order valence-corrected chi connectivity index (χ2v) is 5.38. The van der Waals surface area contributed by atoms with Gasteiger partial charge in [0.1, 0.15) is 11.9 Å². The van der Waals surface area contributed by atoms with Crippen LogP contribution in [-0.4, -0.2) is 22.8 Å². The normalized spacial score (nSPS) is 17.4. The van der Waals surface area contributed by atoms with Gasteiger partial charge in [-0.1, -0.05) is 36.4 Å². The van der Waals surface area contributed by atoms with E-state index in [2.05, 4.69) is 15.8 Å². The van der Waals surface area contributed by atoms with Crippen molar-refractivity contribution in [3.63, 3.8) is 0 Å². The van der Waals surface area contributed by atoms with Crippen LogP contribution in [0.25, 0.3) is 0 Å². The predicted octanol–water partition coefficient (Wildman–Crippen LogP) is 1.40. The van der Waals surface area contributed by atoms with Crippen molar-refractivity contribution < 1.29 is 9.59 Å². The second-order valence-electron chi connectivity index (χ2n) is 5.38. The quantitative estimate of drug-likeness (QED) is 0.895. The molecular weight excluding hydrogens is 292 g/mol. The minimum atomic E-state index is -0.446. The van der Waals surface area contributed by atoms with Crippen LogP contribution in [0.5, 0.6) is 0 Å². The molecule has 0 bridgehead atoms. The van der Waals surface area contributed by atoms with Crippen LogP contribution in [0, 0.1) is 0 Å². The third-order valence-electron chi connectivity index (χ3n) is 3.72. The number of amides is 2. The number of pyridine rings is 1. The number of nitrogens with zero attached hydrogens (tertiary/aromatic N) is 2. The number of anilines is 1. The number of hydrogen-bond acceptors (Lipinski definition) is 4. The maximum Gasteiger partial charge on any atom is 0.247 e. The lowest BCUT2D eigenvalue weighted by molar-refractivity contribution is -0.127. The Hall–Kier alpha value is -2.73. The molecule has 0 aliphatic carbocycles. The van der Waals surface area contributed by atoms with E-state index in [1.54, 1.807) is 11.1 Å². The molecule has 6 heteroatoms. The Morgan fingerprint density at radius 2 is 1.96 bits per heavy atom. The third-order valence-corrected chi connectivity index (χ3v) is 3.72. The molecule has 1 saturated heterocycles. The summed E-state index contributed by atoms with van der Waals surface area (Å²) >= 11 is 0. The molecule has 23 heavy (non-hydrogen) atoms. The van der Waals surface area contributed by atoms with E-state index in [1.165, 1.54) is 0 Å². The molecule has 2 N–H and O–H groups in total. The van der Waals surface area contributed by atoms with Crippen molar-refractivity contribution in [1.82, 2.24) is 15.8 Å². The van der Waals surface area contributed by atoms with Crippen molar-refractivity contribution in [1.29, 1.82) is 0 Å². The van der Waals surface area contributed by atoms with Gasteiger partial charge in [0, 0.05) is 12.6 Å². The summed E-state index contributed by atoms with van der Waals surface area (Å²) in [5.41, 5.74) is 6.33. The zero-order valence-electron chi connectivity index (χ0n) is 12.6. The predicted molar refractivity (Wildman–Crippen MR) is 86.2 cm³/mol. The Kier molecular flexibility index (Phi) is 4.63. The fraction of sp³-hybridized carbons (Fsp3) is 0.235. The maximum atomic E-state index is 12.9. The van der Waals surface area contributed by atoms with Gasteiger partial charge in [-0.2, -0.15) is 0 Å². The van der Waals surface area contributed by atoms with E-state index in [-0.39, 0.29) is 11.8 Å². The molecule has 1 aromatic carbocycles. The number of rotatable bonds is 4. The summed E-state index contributed by atoms with van der Waals surface area (Å²) in [7, 11) is 0. The molecule has 1 aliphatic heterocycles. The number of hydrogen-bond donors (Lipinski definition) is 2. The first kappa shape index (κ1) is 15.2. The SMILES string of the molecule is O=C1CCC(C(=O)N(Cc2ccccc2)c2ccccn2)NN1. The topological polar surface area (TPSA) is 74.3 Å². The van der Waals surface area contributed by atoms with Gasteiger partial charge in [-0.15, -0.1) is 0 Å². The van der Waals surface area contributed by atoms with Crippen LogP contribution in [0.2, 0.25) is 0 Å². The monoisotopic (exact) mass is 310 g/mol. The van der Waals surface area contributed by atoms with Gasteiger partial charge in [0.05, 0.1) is 6.54 Å². The van der Waals surface area contributed by atoms with Gasteiger partial charge in [-0.05, 0) is 24.1 Å². The molecule has 1 aromatic heterocycles. The Labute approximate surface area is 134 Å². The number of benzene rings is 1. The molecule has 1 aliphatic rings. The molecule has 0 saturated carbocycles. The highest BCUT2D eigenvalue weighted by Gasteiger charge is 2.29. The Balaban J connectivity index is 1.83. The van der Waals surface area contributed by atoms with Crippen LogP contribution in [-0.2, 0) is 16.1 Å². The molecule has 3 rings (SSSR count). The lowest BCUT2D eigenvalue weighted by Gasteiger charge is -2.29.